The number of carbonyl (C=O) groups is 1. The van der Waals surface area contributed by atoms with Crippen LogP contribution in [0.5, 0.6) is 0 Å². The van der Waals surface area contributed by atoms with E-state index in [2.05, 4.69) is 85.8 Å². The van der Waals surface area contributed by atoms with E-state index in [-0.39, 0.29) is 0 Å². The van der Waals surface area contributed by atoms with Gasteiger partial charge < -0.3 is 20.3 Å². The third-order valence-corrected chi connectivity index (χ3v) is 8.06. The van der Waals surface area contributed by atoms with Crippen molar-refractivity contribution in [3.8, 4) is 0 Å². The molecule has 0 aromatic carbocycles. The Morgan fingerprint density at radius 3 is 1.91 bits per heavy atom. The first-order valence-electron chi connectivity index (χ1n) is 12.4. The van der Waals surface area contributed by atoms with Crippen molar-refractivity contribution >= 4 is 36.7 Å². The van der Waals surface area contributed by atoms with Gasteiger partial charge in [-0.2, -0.15) is 0 Å². The maximum absolute atomic E-state index is 12.1. The van der Waals surface area contributed by atoms with Crippen molar-refractivity contribution in [1.29, 1.82) is 0 Å². The van der Waals surface area contributed by atoms with Crippen LogP contribution >= 0.6 is 0 Å². The lowest BCUT2D eigenvalue weighted by atomic mass is 9.94. The van der Waals surface area contributed by atoms with E-state index in [9.17, 15) is 4.79 Å². The molecular weight excluding hydrogens is 432 g/mol. The monoisotopic (exact) mass is 466 g/mol. The summed E-state index contributed by atoms with van der Waals surface area (Å²) in [7, 11) is 0. The quantitative estimate of drug-likeness (QED) is 0.417. The van der Waals surface area contributed by atoms with E-state index in [0.717, 1.165) is 68.7 Å². The predicted molar refractivity (Wildman–Crippen MR) is 145 cm³/mol. The van der Waals surface area contributed by atoms with Crippen LogP contribution in [0.2, 0.25) is 0 Å². The van der Waals surface area contributed by atoms with Crippen LogP contribution in [0.25, 0.3) is 30.4 Å². The summed E-state index contributed by atoms with van der Waals surface area (Å²) in [6, 6.07) is 0. The Morgan fingerprint density at radius 2 is 1.31 bits per heavy atom. The minimum atomic E-state index is 0.299. The second-order valence-corrected chi connectivity index (χ2v) is 9.90. The van der Waals surface area contributed by atoms with E-state index >= 15 is 0 Å². The Kier molecular flexibility index (Phi) is 5.59. The van der Waals surface area contributed by atoms with Gasteiger partial charge in [0.25, 0.3) is 0 Å². The fourth-order valence-corrected chi connectivity index (χ4v) is 5.51. The van der Waals surface area contributed by atoms with Crippen LogP contribution in [0, 0.1) is 32.6 Å². The summed E-state index contributed by atoms with van der Waals surface area (Å²) in [6.45, 7) is 17.1. The Bertz CT molecular complexity index is 1550. The van der Waals surface area contributed by atoms with Gasteiger partial charge in [0.1, 0.15) is 0 Å². The molecule has 1 saturated heterocycles. The van der Waals surface area contributed by atoms with Crippen molar-refractivity contribution in [2.45, 2.75) is 48.0 Å². The number of H-pyrrole nitrogens is 3. The van der Waals surface area contributed by atoms with Crippen molar-refractivity contribution in [2.24, 2.45) is 11.8 Å². The summed E-state index contributed by atoms with van der Waals surface area (Å²) in [5.41, 5.74) is 12.7. The SMILES string of the molecule is C=Cc1c2[nH]c(c1C)/C=C1\N/C(=C\c3[nH]c(c(C)c3C=O)/C=c3\[nH]/c(c(C)c3CC)=C\2)[C@@H](C)[C@@H]1C. The molecule has 1 fully saturated rings. The van der Waals surface area contributed by atoms with Crippen LogP contribution in [0.15, 0.2) is 18.0 Å². The second kappa shape index (κ2) is 8.49. The van der Waals surface area contributed by atoms with E-state index < -0.39 is 0 Å². The summed E-state index contributed by atoms with van der Waals surface area (Å²) >= 11 is 0. The smallest absolute Gasteiger partial charge is 0.152 e. The normalized spacial score (nSPS) is 23.7. The van der Waals surface area contributed by atoms with Gasteiger partial charge in [-0.3, -0.25) is 4.79 Å². The summed E-state index contributed by atoms with van der Waals surface area (Å²) in [5.74, 6) is 0.619. The maximum Gasteiger partial charge on any atom is 0.152 e. The number of aromatic nitrogens is 3. The molecule has 5 heterocycles. The average Bonchev–Trinajstić information content (AvgIpc) is 3.48. The highest BCUT2D eigenvalue weighted by Crippen LogP contribution is 2.36. The number of nitrogens with one attached hydrogen (secondary N) is 4. The highest BCUT2D eigenvalue weighted by Gasteiger charge is 2.29. The average molecular weight is 467 g/mol. The zero-order valence-electron chi connectivity index (χ0n) is 21.4. The predicted octanol–water partition coefficient (Wildman–Crippen LogP) is 4.84. The van der Waals surface area contributed by atoms with Gasteiger partial charge in [-0.05, 0) is 73.7 Å². The zero-order chi connectivity index (χ0) is 25.0. The molecule has 5 nitrogen and oxygen atoms in total. The third kappa shape index (κ3) is 3.57. The zero-order valence-corrected chi connectivity index (χ0v) is 21.4. The number of hydrogen-bond donors (Lipinski definition) is 4. The van der Waals surface area contributed by atoms with Crippen LogP contribution in [-0.2, 0) is 6.42 Å². The first kappa shape index (κ1) is 23.0. The van der Waals surface area contributed by atoms with Gasteiger partial charge in [0.15, 0.2) is 6.29 Å². The minimum Gasteiger partial charge on any atom is -0.362 e. The first-order chi connectivity index (χ1) is 16.8. The highest BCUT2D eigenvalue weighted by atomic mass is 16.1. The van der Waals surface area contributed by atoms with Crippen molar-refractivity contribution in [2.75, 3.05) is 0 Å². The van der Waals surface area contributed by atoms with Crippen molar-refractivity contribution < 1.29 is 4.79 Å². The molecule has 0 spiro atoms. The van der Waals surface area contributed by atoms with Gasteiger partial charge in [0.05, 0.1) is 5.69 Å². The van der Waals surface area contributed by atoms with E-state index in [4.69, 9.17) is 0 Å². The molecule has 0 aliphatic carbocycles. The Hall–Kier alpha value is -3.73. The molecule has 2 aliphatic rings. The summed E-state index contributed by atoms with van der Waals surface area (Å²) in [5, 5.41) is 5.79. The van der Waals surface area contributed by atoms with E-state index in [1.54, 1.807) is 0 Å². The fourth-order valence-electron chi connectivity index (χ4n) is 5.51. The standard InChI is InChI=1S/C30H34N4O/c1-8-20-17(5)25-10-23-15(3)16(4)24(31-23)11-30-22(14-35)19(7)27(34-30)13-29-21(9-2)18(6)26(33-29)12-28(20)32-25/h8,10-16,31-34H,1,9H2,2-7H3/b23-10-,24-11-,26-12-,29-13-/t15-,16-/m0/s1. The maximum atomic E-state index is 12.1. The topological polar surface area (TPSA) is 76.5 Å². The van der Waals surface area contributed by atoms with Crippen LogP contribution in [0.4, 0.5) is 0 Å². The molecule has 0 radical (unpaired) electrons. The molecule has 3 aromatic rings. The number of allylic oxidation sites excluding steroid dienone is 2. The van der Waals surface area contributed by atoms with Crippen LogP contribution in [0.3, 0.4) is 0 Å². The minimum absolute atomic E-state index is 0.299. The van der Waals surface area contributed by atoms with E-state index in [0.29, 0.717) is 17.4 Å². The van der Waals surface area contributed by atoms with Gasteiger partial charge >= 0.3 is 0 Å². The molecule has 3 aromatic heterocycles. The van der Waals surface area contributed by atoms with Gasteiger partial charge in [-0.15, -0.1) is 0 Å². The van der Waals surface area contributed by atoms with Gasteiger partial charge in [-0.25, -0.2) is 0 Å². The number of aromatic amines is 3. The van der Waals surface area contributed by atoms with Crippen LogP contribution < -0.4 is 16.0 Å². The van der Waals surface area contributed by atoms with Crippen LogP contribution in [-0.4, -0.2) is 21.2 Å². The highest BCUT2D eigenvalue weighted by molar-refractivity contribution is 5.86. The molecule has 0 unspecified atom stereocenters. The number of rotatable bonds is 3. The number of hydrogen-bond acceptors (Lipinski definition) is 2. The van der Waals surface area contributed by atoms with E-state index in [1.165, 1.54) is 16.7 Å². The molecular formula is C30H34N4O. The molecule has 180 valence electrons. The molecule has 0 amide bonds. The van der Waals surface area contributed by atoms with Crippen LogP contribution in [0.1, 0.15) is 81.7 Å². The number of carbonyl (C=O) groups excluding carboxylic acids is 1. The first-order valence-corrected chi connectivity index (χ1v) is 12.4. The molecule has 35 heavy (non-hydrogen) atoms. The van der Waals surface area contributed by atoms with E-state index in [1.807, 2.05) is 13.0 Å². The van der Waals surface area contributed by atoms with Gasteiger partial charge in [0, 0.05) is 62.1 Å². The molecule has 5 heteroatoms. The van der Waals surface area contributed by atoms with Crippen molar-refractivity contribution in [3.63, 3.8) is 0 Å². The molecule has 2 atom stereocenters. The van der Waals surface area contributed by atoms with Crippen molar-refractivity contribution in [3.05, 3.63) is 84.8 Å². The Balaban J connectivity index is 1.89. The lowest BCUT2D eigenvalue weighted by Crippen LogP contribution is -2.12. The summed E-state index contributed by atoms with van der Waals surface area (Å²) in [4.78, 5) is 22.9. The Morgan fingerprint density at radius 1 is 0.771 bits per heavy atom. The lowest BCUT2D eigenvalue weighted by molar-refractivity contribution is 0.112. The molecule has 0 saturated carbocycles. The molecule has 4 N–H and O–H groups in total. The summed E-state index contributed by atoms with van der Waals surface area (Å²) in [6.07, 6.45) is 12.5. The number of fused-ring (bicyclic) bond motifs is 8. The van der Waals surface area contributed by atoms with Gasteiger partial charge in [0.2, 0.25) is 0 Å². The summed E-state index contributed by atoms with van der Waals surface area (Å²) < 4.78 is 0. The largest absolute Gasteiger partial charge is 0.362 e. The third-order valence-electron chi connectivity index (χ3n) is 8.06. The van der Waals surface area contributed by atoms with Gasteiger partial charge in [-0.1, -0.05) is 33.4 Å². The van der Waals surface area contributed by atoms with Crippen molar-refractivity contribution in [1.82, 2.24) is 20.3 Å². The molecule has 5 rings (SSSR count). The molecule has 2 aliphatic heterocycles. The lowest BCUT2D eigenvalue weighted by Gasteiger charge is -2.08. The fraction of sp³-hybridized carbons (Fsp3) is 0.300. The second-order valence-electron chi connectivity index (χ2n) is 9.90. The molecule has 8 bridgehead atoms. The number of aldehydes is 1. The Labute approximate surface area is 206 Å².